The van der Waals surface area contributed by atoms with Crippen LogP contribution in [0.2, 0.25) is 0 Å². The quantitative estimate of drug-likeness (QED) is 0.807. The molecule has 1 aliphatic carbocycles. The van der Waals surface area contributed by atoms with E-state index in [0.29, 0.717) is 12.6 Å². The van der Waals surface area contributed by atoms with E-state index < -0.39 is 0 Å². The second kappa shape index (κ2) is 4.38. The SMILES string of the molecule is Cc1nnc([C@@H]2C[C@H](O)CN2)n1C1CCCC1. The third-order valence-corrected chi connectivity index (χ3v) is 4.00. The fourth-order valence-electron chi connectivity index (χ4n) is 3.15. The highest BCUT2D eigenvalue weighted by Gasteiger charge is 2.31. The van der Waals surface area contributed by atoms with Crippen LogP contribution in [0.25, 0.3) is 0 Å². The van der Waals surface area contributed by atoms with Crippen LogP contribution in [-0.4, -0.2) is 32.5 Å². The number of nitrogens with zero attached hydrogens (tertiary/aromatic N) is 3. The molecule has 5 nitrogen and oxygen atoms in total. The Kier molecular flexibility index (Phi) is 2.88. The van der Waals surface area contributed by atoms with Gasteiger partial charge in [-0.25, -0.2) is 0 Å². The van der Waals surface area contributed by atoms with Crippen LogP contribution in [0, 0.1) is 6.92 Å². The van der Waals surface area contributed by atoms with Gasteiger partial charge in [0.1, 0.15) is 5.82 Å². The average molecular weight is 236 g/mol. The number of aryl methyl sites for hydroxylation is 1. The summed E-state index contributed by atoms with van der Waals surface area (Å²) in [5.41, 5.74) is 0. The Hall–Kier alpha value is -0.940. The molecule has 1 aromatic rings. The lowest BCUT2D eigenvalue weighted by molar-refractivity contribution is 0.192. The minimum atomic E-state index is -0.242. The number of aliphatic hydroxyl groups is 1. The number of β-amino-alcohol motifs (C(OH)–C–C–N with tert-alkyl or cyclic N) is 1. The van der Waals surface area contributed by atoms with Crippen molar-refractivity contribution in [1.29, 1.82) is 0 Å². The Bertz CT molecular complexity index is 397. The van der Waals surface area contributed by atoms with E-state index in [4.69, 9.17) is 0 Å². The van der Waals surface area contributed by atoms with Gasteiger partial charge in [-0.05, 0) is 26.2 Å². The molecule has 2 fully saturated rings. The Balaban J connectivity index is 1.88. The van der Waals surface area contributed by atoms with Crippen LogP contribution in [0.15, 0.2) is 0 Å². The molecule has 0 radical (unpaired) electrons. The van der Waals surface area contributed by atoms with Crippen molar-refractivity contribution in [3.63, 3.8) is 0 Å². The molecular formula is C12H20N4O. The molecule has 0 spiro atoms. The lowest BCUT2D eigenvalue weighted by Gasteiger charge is -2.18. The molecule has 1 aliphatic heterocycles. The van der Waals surface area contributed by atoms with Gasteiger partial charge in [-0.2, -0.15) is 0 Å². The summed E-state index contributed by atoms with van der Waals surface area (Å²) in [5.74, 6) is 2.03. The maximum Gasteiger partial charge on any atom is 0.150 e. The van der Waals surface area contributed by atoms with E-state index in [1.165, 1.54) is 25.7 Å². The molecule has 0 aromatic carbocycles. The minimum Gasteiger partial charge on any atom is -0.392 e. The number of hydrogen-bond donors (Lipinski definition) is 2. The van der Waals surface area contributed by atoms with Gasteiger partial charge in [0.2, 0.25) is 0 Å². The maximum absolute atomic E-state index is 9.60. The Labute approximate surface area is 101 Å². The number of nitrogens with one attached hydrogen (secondary N) is 1. The van der Waals surface area contributed by atoms with Crippen molar-refractivity contribution in [3.05, 3.63) is 11.6 Å². The second-order valence-electron chi connectivity index (χ2n) is 5.26. The number of aliphatic hydroxyl groups excluding tert-OH is 1. The number of hydrogen-bond acceptors (Lipinski definition) is 4. The molecule has 2 atom stereocenters. The molecule has 3 rings (SSSR count). The first-order valence-electron chi connectivity index (χ1n) is 6.58. The molecule has 0 unspecified atom stereocenters. The zero-order valence-corrected chi connectivity index (χ0v) is 10.3. The maximum atomic E-state index is 9.60. The molecule has 1 saturated carbocycles. The molecule has 94 valence electrons. The first kappa shape index (κ1) is 11.2. The first-order chi connectivity index (χ1) is 8.25. The monoisotopic (exact) mass is 236 g/mol. The van der Waals surface area contributed by atoms with Gasteiger partial charge in [0.15, 0.2) is 5.82 Å². The summed E-state index contributed by atoms with van der Waals surface area (Å²) in [6.07, 6.45) is 5.60. The predicted octanol–water partition coefficient (Wildman–Crippen LogP) is 1.10. The smallest absolute Gasteiger partial charge is 0.150 e. The molecule has 0 bridgehead atoms. The van der Waals surface area contributed by atoms with Gasteiger partial charge in [-0.1, -0.05) is 12.8 Å². The van der Waals surface area contributed by atoms with Gasteiger partial charge in [0.05, 0.1) is 12.1 Å². The van der Waals surface area contributed by atoms with E-state index in [0.717, 1.165) is 18.1 Å². The normalized spacial score (nSPS) is 30.2. The van der Waals surface area contributed by atoms with Crippen molar-refractivity contribution in [1.82, 2.24) is 20.1 Å². The van der Waals surface area contributed by atoms with E-state index in [-0.39, 0.29) is 12.1 Å². The molecule has 1 saturated heterocycles. The zero-order chi connectivity index (χ0) is 11.8. The van der Waals surface area contributed by atoms with Crippen LogP contribution in [0.5, 0.6) is 0 Å². The van der Waals surface area contributed by atoms with Gasteiger partial charge < -0.3 is 15.0 Å². The van der Waals surface area contributed by atoms with Gasteiger partial charge in [-0.3, -0.25) is 0 Å². The van der Waals surface area contributed by atoms with Crippen LogP contribution < -0.4 is 5.32 Å². The van der Waals surface area contributed by atoms with Crippen LogP contribution >= 0.6 is 0 Å². The fraction of sp³-hybridized carbons (Fsp3) is 0.833. The highest BCUT2D eigenvalue weighted by Crippen LogP contribution is 2.33. The van der Waals surface area contributed by atoms with E-state index in [1.54, 1.807) is 0 Å². The number of aromatic nitrogens is 3. The Morgan fingerprint density at radius 2 is 2.06 bits per heavy atom. The van der Waals surface area contributed by atoms with Crippen molar-refractivity contribution in [2.24, 2.45) is 0 Å². The topological polar surface area (TPSA) is 63.0 Å². The molecule has 1 aromatic heterocycles. The van der Waals surface area contributed by atoms with Crippen LogP contribution in [-0.2, 0) is 0 Å². The Morgan fingerprint density at radius 3 is 2.71 bits per heavy atom. The summed E-state index contributed by atoms with van der Waals surface area (Å²) in [6.45, 7) is 2.70. The lowest BCUT2D eigenvalue weighted by atomic mass is 10.1. The summed E-state index contributed by atoms with van der Waals surface area (Å²) in [6, 6.07) is 0.742. The molecule has 17 heavy (non-hydrogen) atoms. The lowest BCUT2D eigenvalue weighted by Crippen LogP contribution is -2.20. The summed E-state index contributed by atoms with van der Waals surface area (Å²) < 4.78 is 2.29. The summed E-state index contributed by atoms with van der Waals surface area (Å²) >= 11 is 0. The van der Waals surface area contributed by atoms with Gasteiger partial charge in [-0.15, -0.1) is 10.2 Å². The van der Waals surface area contributed by atoms with Crippen molar-refractivity contribution < 1.29 is 5.11 Å². The molecule has 0 amide bonds. The van der Waals surface area contributed by atoms with Crippen LogP contribution in [0.1, 0.15) is 55.8 Å². The van der Waals surface area contributed by atoms with Crippen molar-refractivity contribution >= 4 is 0 Å². The molecular weight excluding hydrogens is 216 g/mol. The minimum absolute atomic E-state index is 0.173. The third-order valence-electron chi connectivity index (χ3n) is 4.00. The standard InChI is InChI=1S/C12H20N4O/c1-8-14-15-12(11-6-10(17)7-13-11)16(8)9-4-2-3-5-9/h9-11,13,17H,2-7H2,1H3/t10-,11-/m0/s1. The summed E-state index contributed by atoms with van der Waals surface area (Å²) in [7, 11) is 0. The summed E-state index contributed by atoms with van der Waals surface area (Å²) in [4.78, 5) is 0. The predicted molar refractivity (Wildman–Crippen MR) is 63.6 cm³/mol. The van der Waals surface area contributed by atoms with Crippen LogP contribution in [0.3, 0.4) is 0 Å². The van der Waals surface area contributed by atoms with Crippen molar-refractivity contribution in [2.75, 3.05) is 6.54 Å². The van der Waals surface area contributed by atoms with E-state index in [2.05, 4.69) is 20.1 Å². The zero-order valence-electron chi connectivity index (χ0n) is 10.3. The van der Waals surface area contributed by atoms with Gasteiger partial charge >= 0.3 is 0 Å². The van der Waals surface area contributed by atoms with Crippen LogP contribution in [0.4, 0.5) is 0 Å². The average Bonchev–Trinajstić information content (AvgIpc) is 2.97. The molecule has 2 aliphatic rings. The Morgan fingerprint density at radius 1 is 1.29 bits per heavy atom. The summed E-state index contributed by atoms with van der Waals surface area (Å²) in [5, 5.41) is 21.5. The fourth-order valence-corrected chi connectivity index (χ4v) is 3.15. The molecule has 2 N–H and O–H groups in total. The van der Waals surface area contributed by atoms with Gasteiger partial charge in [0, 0.05) is 12.6 Å². The highest BCUT2D eigenvalue weighted by atomic mass is 16.3. The van der Waals surface area contributed by atoms with E-state index >= 15 is 0 Å². The first-order valence-corrected chi connectivity index (χ1v) is 6.58. The molecule has 2 heterocycles. The van der Waals surface area contributed by atoms with Crippen molar-refractivity contribution in [2.45, 2.75) is 57.2 Å². The third kappa shape index (κ3) is 1.98. The van der Waals surface area contributed by atoms with Crippen molar-refractivity contribution in [3.8, 4) is 0 Å². The number of rotatable bonds is 2. The second-order valence-corrected chi connectivity index (χ2v) is 5.26. The molecule has 5 heteroatoms. The highest BCUT2D eigenvalue weighted by molar-refractivity contribution is 5.06. The van der Waals surface area contributed by atoms with E-state index in [9.17, 15) is 5.11 Å². The van der Waals surface area contributed by atoms with E-state index in [1.807, 2.05) is 6.92 Å². The largest absolute Gasteiger partial charge is 0.392 e. The van der Waals surface area contributed by atoms with Gasteiger partial charge in [0.25, 0.3) is 0 Å².